The lowest BCUT2D eigenvalue weighted by molar-refractivity contribution is -0.182. The van der Waals surface area contributed by atoms with E-state index in [2.05, 4.69) is 0 Å². The number of ether oxygens (including phenoxy) is 1. The summed E-state index contributed by atoms with van der Waals surface area (Å²) in [4.78, 5) is 36.4. The van der Waals surface area contributed by atoms with E-state index in [1.165, 1.54) is 13.0 Å². The van der Waals surface area contributed by atoms with Gasteiger partial charge in [-0.25, -0.2) is 0 Å². The van der Waals surface area contributed by atoms with Gasteiger partial charge in [-0.3, -0.25) is 14.4 Å². The van der Waals surface area contributed by atoms with E-state index in [4.69, 9.17) is 4.74 Å². The Morgan fingerprint density at radius 1 is 1.23 bits per heavy atom. The Morgan fingerprint density at radius 2 is 1.93 bits per heavy atom. The monoisotopic (exact) mass is 418 g/mol. The minimum absolute atomic E-state index is 0.0198. The second-order valence-electron chi connectivity index (χ2n) is 9.88. The van der Waals surface area contributed by atoms with Crippen molar-refractivity contribution in [1.29, 1.82) is 0 Å². The van der Waals surface area contributed by atoms with E-state index < -0.39 is 40.9 Å². The zero-order valence-corrected chi connectivity index (χ0v) is 17.7. The summed E-state index contributed by atoms with van der Waals surface area (Å²) in [6.07, 6.45) is 4.47. The van der Waals surface area contributed by atoms with Crippen LogP contribution in [0.5, 0.6) is 0 Å². The quantitative estimate of drug-likeness (QED) is 0.593. The van der Waals surface area contributed by atoms with Crippen LogP contribution in [0.1, 0.15) is 52.9 Å². The maximum Gasteiger partial charge on any atom is 0.307 e. The van der Waals surface area contributed by atoms with E-state index >= 15 is 0 Å². The summed E-state index contributed by atoms with van der Waals surface area (Å²) in [5, 5.41) is 32.1. The highest BCUT2D eigenvalue weighted by molar-refractivity contribution is 6.02. The normalized spacial score (nSPS) is 44.9. The van der Waals surface area contributed by atoms with Gasteiger partial charge in [-0.05, 0) is 56.9 Å². The number of ketones is 2. The summed E-state index contributed by atoms with van der Waals surface area (Å²) in [6, 6.07) is 0. The van der Waals surface area contributed by atoms with Gasteiger partial charge in [0.05, 0.1) is 11.5 Å². The number of aliphatic hydroxyl groups is 3. The molecule has 0 saturated heterocycles. The maximum atomic E-state index is 12.5. The predicted octanol–water partition coefficient (Wildman–Crippen LogP) is 1.45. The first-order valence-corrected chi connectivity index (χ1v) is 10.7. The Morgan fingerprint density at radius 3 is 2.57 bits per heavy atom. The van der Waals surface area contributed by atoms with Crippen molar-refractivity contribution in [3.8, 4) is 0 Å². The third kappa shape index (κ3) is 2.65. The molecule has 7 atom stereocenters. The summed E-state index contributed by atoms with van der Waals surface area (Å²) in [5.41, 5.74) is -2.45. The molecule has 0 spiro atoms. The Bertz CT molecular complexity index is 873. The second-order valence-corrected chi connectivity index (χ2v) is 9.88. The van der Waals surface area contributed by atoms with E-state index in [0.717, 1.165) is 5.57 Å². The number of hydrogen-bond donors (Lipinski definition) is 3. The topological polar surface area (TPSA) is 121 Å². The van der Waals surface area contributed by atoms with Crippen molar-refractivity contribution < 1.29 is 34.4 Å². The van der Waals surface area contributed by atoms with Crippen LogP contribution in [0, 0.1) is 28.6 Å². The Hall–Kier alpha value is -1.83. The van der Waals surface area contributed by atoms with Gasteiger partial charge in [0.1, 0.15) is 18.0 Å². The summed E-state index contributed by atoms with van der Waals surface area (Å²) in [5.74, 6) is -1.41. The third-order valence-electron chi connectivity index (χ3n) is 8.65. The van der Waals surface area contributed by atoms with Crippen LogP contribution in [0.3, 0.4) is 0 Å². The molecule has 0 bridgehead atoms. The lowest BCUT2D eigenvalue weighted by Gasteiger charge is -2.60. The van der Waals surface area contributed by atoms with Gasteiger partial charge in [0, 0.05) is 24.3 Å². The molecular formula is C23H30O7. The average molecular weight is 418 g/mol. The van der Waals surface area contributed by atoms with Gasteiger partial charge < -0.3 is 20.1 Å². The predicted molar refractivity (Wildman–Crippen MR) is 106 cm³/mol. The standard InChI is InChI=1S/C23H30O7/c1-12(25)30-19-9-14(26)8-13-4-5-15-16-6-7-23(29,18(28)11-24)21(16,2)10-17(27)20(15)22(13,19)3/h8-9,15-17,20,24,27,29H,4-7,10-11H2,1-3H3/t15-,16-,17-,20+,21-,22+,23-/m0/s1. The highest BCUT2D eigenvalue weighted by Gasteiger charge is 2.69. The van der Waals surface area contributed by atoms with Crippen molar-refractivity contribution in [2.75, 3.05) is 6.61 Å². The smallest absolute Gasteiger partial charge is 0.307 e. The number of carbonyl (C=O) groups is 3. The van der Waals surface area contributed by atoms with E-state index in [-0.39, 0.29) is 42.1 Å². The minimum atomic E-state index is -1.66. The molecular weight excluding hydrogens is 388 g/mol. The molecule has 3 N–H and O–H groups in total. The molecule has 4 aliphatic carbocycles. The molecule has 7 heteroatoms. The molecule has 30 heavy (non-hydrogen) atoms. The first-order valence-electron chi connectivity index (χ1n) is 10.7. The fourth-order valence-electron chi connectivity index (χ4n) is 7.28. The lowest BCUT2D eigenvalue weighted by atomic mass is 9.45. The van der Waals surface area contributed by atoms with Gasteiger partial charge in [-0.15, -0.1) is 0 Å². The molecule has 3 fully saturated rings. The number of Topliss-reactive ketones (excluding diaryl/α,β-unsaturated/α-hetero) is 1. The van der Waals surface area contributed by atoms with Crippen molar-refractivity contribution >= 4 is 17.5 Å². The van der Waals surface area contributed by atoms with Crippen molar-refractivity contribution in [2.24, 2.45) is 28.6 Å². The molecule has 3 saturated carbocycles. The Kier molecular flexibility index (Phi) is 4.88. The van der Waals surface area contributed by atoms with Gasteiger partial charge in [0.2, 0.25) is 0 Å². The number of carbonyl (C=O) groups excluding carboxylic acids is 3. The van der Waals surface area contributed by atoms with Gasteiger partial charge in [-0.2, -0.15) is 0 Å². The number of esters is 1. The van der Waals surface area contributed by atoms with E-state index in [9.17, 15) is 29.7 Å². The molecule has 4 rings (SSSR count). The number of aliphatic hydroxyl groups excluding tert-OH is 2. The minimum Gasteiger partial charge on any atom is -0.430 e. The Balaban J connectivity index is 1.78. The van der Waals surface area contributed by atoms with Crippen molar-refractivity contribution in [2.45, 2.75) is 64.6 Å². The van der Waals surface area contributed by atoms with E-state index in [1.54, 1.807) is 6.08 Å². The zero-order chi connectivity index (χ0) is 22.1. The Labute approximate surface area is 175 Å². The number of rotatable bonds is 3. The molecule has 0 aliphatic heterocycles. The highest BCUT2D eigenvalue weighted by Crippen LogP contribution is 2.68. The van der Waals surface area contributed by atoms with Crippen LogP contribution >= 0.6 is 0 Å². The number of fused-ring (bicyclic) bond motifs is 5. The van der Waals surface area contributed by atoms with Crippen LogP contribution < -0.4 is 0 Å². The first-order chi connectivity index (χ1) is 14.0. The summed E-state index contributed by atoms with van der Waals surface area (Å²) < 4.78 is 5.48. The molecule has 0 radical (unpaired) electrons. The lowest BCUT2D eigenvalue weighted by Crippen LogP contribution is -2.62. The van der Waals surface area contributed by atoms with Crippen LogP contribution in [0.4, 0.5) is 0 Å². The molecule has 164 valence electrons. The van der Waals surface area contributed by atoms with Crippen molar-refractivity contribution in [3.63, 3.8) is 0 Å². The first kappa shape index (κ1) is 21.4. The molecule has 0 unspecified atom stereocenters. The van der Waals surface area contributed by atoms with E-state index in [1.807, 2.05) is 13.8 Å². The van der Waals surface area contributed by atoms with Gasteiger partial charge in [0.15, 0.2) is 11.6 Å². The summed E-state index contributed by atoms with van der Waals surface area (Å²) in [6.45, 7) is 4.33. The third-order valence-corrected chi connectivity index (χ3v) is 8.65. The van der Waals surface area contributed by atoms with Gasteiger partial charge >= 0.3 is 5.97 Å². The molecule has 0 aromatic rings. The molecule has 4 aliphatic rings. The van der Waals surface area contributed by atoms with Crippen LogP contribution in [-0.2, 0) is 19.1 Å². The zero-order valence-electron chi connectivity index (χ0n) is 17.7. The molecule has 0 amide bonds. The fourth-order valence-corrected chi connectivity index (χ4v) is 7.28. The highest BCUT2D eigenvalue weighted by atomic mass is 16.5. The van der Waals surface area contributed by atoms with Gasteiger partial charge in [0.25, 0.3) is 0 Å². The van der Waals surface area contributed by atoms with Crippen LogP contribution in [-0.4, -0.2) is 51.2 Å². The van der Waals surface area contributed by atoms with Gasteiger partial charge in [-0.1, -0.05) is 12.5 Å². The summed E-state index contributed by atoms with van der Waals surface area (Å²) in [7, 11) is 0. The largest absolute Gasteiger partial charge is 0.430 e. The van der Waals surface area contributed by atoms with Crippen molar-refractivity contribution in [3.05, 3.63) is 23.5 Å². The second kappa shape index (κ2) is 6.84. The van der Waals surface area contributed by atoms with Crippen LogP contribution in [0.2, 0.25) is 0 Å². The van der Waals surface area contributed by atoms with Crippen molar-refractivity contribution in [1.82, 2.24) is 0 Å². The molecule has 0 heterocycles. The SMILES string of the molecule is CC(=O)OC1=CC(=O)C=C2CC[C@@H]3[C@H]([C@@H](O)C[C@@]4(C)[C@H]3CC[C@]4(O)C(=O)CO)[C@]21C. The number of allylic oxidation sites excluding steroid dienone is 3. The van der Waals surface area contributed by atoms with Crippen LogP contribution in [0.15, 0.2) is 23.5 Å². The average Bonchev–Trinajstić information content (AvgIpc) is 2.93. The summed E-state index contributed by atoms with van der Waals surface area (Å²) >= 11 is 0. The van der Waals surface area contributed by atoms with E-state index in [0.29, 0.717) is 19.3 Å². The van der Waals surface area contributed by atoms with Crippen LogP contribution in [0.25, 0.3) is 0 Å². The molecule has 0 aromatic carbocycles. The number of hydrogen-bond acceptors (Lipinski definition) is 7. The molecule has 7 nitrogen and oxygen atoms in total. The maximum absolute atomic E-state index is 12.5. The molecule has 0 aromatic heterocycles. The fraction of sp³-hybridized carbons (Fsp3) is 0.696.